The molecule has 2 amide bonds. The third kappa shape index (κ3) is 5.13. The minimum Gasteiger partial charge on any atom is -0.397 e. The summed E-state index contributed by atoms with van der Waals surface area (Å²) in [6.45, 7) is 11.5. The van der Waals surface area contributed by atoms with Crippen molar-refractivity contribution in [2.45, 2.75) is 70.3 Å². The van der Waals surface area contributed by atoms with Crippen LogP contribution in [0, 0.1) is 5.92 Å². The highest BCUT2D eigenvalue weighted by Crippen LogP contribution is 2.41. The molecule has 4 N–H and O–H groups in total. The molecule has 1 heterocycles. The molecule has 0 radical (unpaired) electrons. The second-order valence-electron chi connectivity index (χ2n) is 10.5. The number of nitrogens with one attached hydrogen (secondary N) is 2. The van der Waals surface area contributed by atoms with Gasteiger partial charge in [-0.1, -0.05) is 56.3 Å². The number of nitrogens with two attached hydrogens (primary N) is 1. The standard InChI is InChI=1S/C24H34N4O5Si/c1-23(2,3)34(5,6)33-24(4,22(31)27-25)20(29)16-12-17(13-16)26-21(30)19-14-18(28-32-19)15-10-8-7-9-11-15/h7-11,14,16-17H,12-13,25H2,1-6H3,(H,26,30)(H,27,31)/t16?,17?,24-/m1/s1. The Kier molecular flexibility index (Phi) is 7.16. The molecule has 1 saturated carbocycles. The number of carbonyl (C=O) groups is 3. The number of aromatic nitrogens is 1. The Morgan fingerprint density at radius 1 is 1.12 bits per heavy atom. The summed E-state index contributed by atoms with van der Waals surface area (Å²) in [6.07, 6.45) is 0.803. The highest BCUT2D eigenvalue weighted by Gasteiger charge is 2.53. The van der Waals surface area contributed by atoms with E-state index in [9.17, 15) is 14.4 Å². The molecule has 1 fully saturated rings. The van der Waals surface area contributed by atoms with Crippen LogP contribution in [-0.4, -0.2) is 42.7 Å². The third-order valence-corrected chi connectivity index (χ3v) is 11.5. The predicted molar refractivity (Wildman–Crippen MR) is 130 cm³/mol. The summed E-state index contributed by atoms with van der Waals surface area (Å²) in [4.78, 5) is 38.6. The van der Waals surface area contributed by atoms with Gasteiger partial charge in [0.1, 0.15) is 5.69 Å². The summed E-state index contributed by atoms with van der Waals surface area (Å²) in [5.41, 5.74) is 1.82. The zero-order valence-corrected chi connectivity index (χ0v) is 21.6. The first-order valence-corrected chi connectivity index (χ1v) is 14.3. The van der Waals surface area contributed by atoms with E-state index >= 15 is 0 Å². The lowest BCUT2D eigenvalue weighted by Crippen LogP contribution is -2.63. The molecule has 10 heteroatoms. The van der Waals surface area contributed by atoms with Gasteiger partial charge in [-0.2, -0.15) is 0 Å². The van der Waals surface area contributed by atoms with Crippen molar-refractivity contribution in [3.8, 4) is 11.3 Å². The zero-order chi connectivity index (χ0) is 25.3. The molecule has 0 saturated heterocycles. The van der Waals surface area contributed by atoms with E-state index in [0.717, 1.165) is 5.56 Å². The van der Waals surface area contributed by atoms with Crippen LogP contribution in [0.2, 0.25) is 18.1 Å². The van der Waals surface area contributed by atoms with Crippen molar-refractivity contribution in [1.82, 2.24) is 15.9 Å². The van der Waals surface area contributed by atoms with Crippen LogP contribution in [-0.2, 0) is 14.0 Å². The van der Waals surface area contributed by atoms with Crippen molar-refractivity contribution >= 4 is 25.9 Å². The quantitative estimate of drug-likeness (QED) is 0.171. The van der Waals surface area contributed by atoms with Crippen LogP contribution in [0.1, 0.15) is 51.1 Å². The fourth-order valence-corrected chi connectivity index (χ4v) is 5.25. The average Bonchev–Trinajstić information content (AvgIpc) is 3.24. The molecule has 0 unspecified atom stereocenters. The minimum absolute atomic E-state index is 0.0993. The number of ketones is 1. The predicted octanol–water partition coefficient (Wildman–Crippen LogP) is 3.19. The lowest BCUT2D eigenvalue weighted by atomic mass is 9.73. The zero-order valence-electron chi connectivity index (χ0n) is 20.6. The number of carbonyl (C=O) groups excluding carboxylic acids is 3. The van der Waals surface area contributed by atoms with Crippen LogP contribution in [0.4, 0.5) is 0 Å². The Hall–Kier alpha value is -2.82. The number of benzene rings is 1. The van der Waals surface area contributed by atoms with Gasteiger partial charge in [-0.05, 0) is 37.9 Å². The van der Waals surface area contributed by atoms with Crippen LogP contribution in [0.5, 0.6) is 0 Å². The van der Waals surface area contributed by atoms with Crippen LogP contribution < -0.4 is 16.6 Å². The second kappa shape index (κ2) is 9.44. The average molecular weight is 487 g/mol. The molecule has 0 spiro atoms. The third-order valence-electron chi connectivity index (χ3n) is 6.95. The number of nitrogens with zero attached hydrogens (tertiary/aromatic N) is 1. The van der Waals surface area contributed by atoms with Crippen molar-refractivity contribution in [2.75, 3.05) is 0 Å². The van der Waals surface area contributed by atoms with Crippen molar-refractivity contribution < 1.29 is 23.3 Å². The van der Waals surface area contributed by atoms with Gasteiger partial charge in [-0.25, -0.2) is 5.84 Å². The minimum atomic E-state index is -2.46. The molecule has 1 aromatic heterocycles. The summed E-state index contributed by atoms with van der Waals surface area (Å²) >= 11 is 0. The highest BCUT2D eigenvalue weighted by molar-refractivity contribution is 6.74. The molecule has 3 rings (SSSR count). The van der Waals surface area contributed by atoms with Crippen molar-refractivity contribution in [3.63, 3.8) is 0 Å². The molecule has 2 aromatic rings. The summed E-state index contributed by atoms with van der Waals surface area (Å²) in [7, 11) is -2.46. The Labute approximate surface area is 200 Å². The van der Waals surface area contributed by atoms with Gasteiger partial charge in [0.2, 0.25) is 5.76 Å². The highest BCUT2D eigenvalue weighted by atomic mass is 28.4. The number of rotatable bonds is 8. The first-order valence-electron chi connectivity index (χ1n) is 11.4. The fraction of sp³-hybridized carbons (Fsp3) is 0.500. The van der Waals surface area contributed by atoms with Crippen LogP contribution in [0.15, 0.2) is 40.9 Å². The smallest absolute Gasteiger partial charge is 0.290 e. The molecular formula is C24H34N4O5Si. The molecule has 1 aromatic carbocycles. The maximum absolute atomic E-state index is 13.4. The first-order chi connectivity index (χ1) is 15.8. The van der Waals surface area contributed by atoms with Crippen molar-refractivity contribution in [3.05, 3.63) is 42.2 Å². The first kappa shape index (κ1) is 25.8. The monoisotopic (exact) mass is 486 g/mol. The molecular weight excluding hydrogens is 452 g/mol. The molecule has 1 atom stereocenters. The Morgan fingerprint density at radius 2 is 1.74 bits per heavy atom. The number of hydrazine groups is 1. The van der Waals surface area contributed by atoms with E-state index < -0.39 is 31.7 Å². The van der Waals surface area contributed by atoms with Gasteiger partial charge in [-0.15, -0.1) is 0 Å². The SMILES string of the molecule is CC(C)(C)[Si](C)(C)O[C@@](C)(C(=O)NN)C(=O)C1CC(NC(=O)c2cc(-c3ccccc3)no2)C1. The van der Waals surface area contributed by atoms with Gasteiger partial charge in [0.05, 0.1) is 0 Å². The number of Topliss-reactive ketones (excluding diaryl/α,β-unsaturated/α-hetero) is 1. The van der Waals surface area contributed by atoms with Crippen LogP contribution in [0.25, 0.3) is 11.3 Å². The molecule has 9 nitrogen and oxygen atoms in total. The van der Waals surface area contributed by atoms with E-state index in [0.29, 0.717) is 18.5 Å². The molecule has 0 bridgehead atoms. The lowest BCUT2D eigenvalue weighted by Gasteiger charge is -2.45. The van der Waals surface area contributed by atoms with Gasteiger partial charge in [-0.3, -0.25) is 19.8 Å². The molecule has 34 heavy (non-hydrogen) atoms. The fourth-order valence-electron chi connectivity index (χ4n) is 3.73. The molecule has 1 aliphatic rings. The molecule has 0 aliphatic heterocycles. The van der Waals surface area contributed by atoms with Crippen LogP contribution in [0.3, 0.4) is 0 Å². The van der Waals surface area contributed by atoms with E-state index in [1.54, 1.807) is 6.07 Å². The summed E-state index contributed by atoms with van der Waals surface area (Å²) in [5, 5.41) is 6.63. The maximum atomic E-state index is 13.4. The Morgan fingerprint density at radius 3 is 2.29 bits per heavy atom. The summed E-state index contributed by atoms with van der Waals surface area (Å²) in [6, 6.07) is 10.8. The van der Waals surface area contributed by atoms with Crippen molar-refractivity contribution in [2.24, 2.45) is 11.8 Å². The van der Waals surface area contributed by atoms with Gasteiger partial charge < -0.3 is 14.3 Å². The van der Waals surface area contributed by atoms with Gasteiger partial charge >= 0.3 is 0 Å². The topological polar surface area (TPSA) is 137 Å². The Balaban J connectivity index is 1.63. The molecule has 1 aliphatic carbocycles. The normalized spacial score (nSPS) is 20.1. The van der Waals surface area contributed by atoms with E-state index in [1.165, 1.54) is 6.92 Å². The van der Waals surface area contributed by atoms with Gasteiger partial charge in [0.25, 0.3) is 11.8 Å². The van der Waals surface area contributed by atoms with E-state index in [-0.39, 0.29) is 22.6 Å². The van der Waals surface area contributed by atoms with E-state index in [2.05, 4.69) is 15.9 Å². The van der Waals surface area contributed by atoms with E-state index in [4.69, 9.17) is 14.8 Å². The van der Waals surface area contributed by atoms with Gasteiger partial charge in [0, 0.05) is 23.6 Å². The summed E-state index contributed by atoms with van der Waals surface area (Å²) < 4.78 is 11.5. The summed E-state index contributed by atoms with van der Waals surface area (Å²) in [5.74, 6) is 3.69. The Bertz CT molecular complexity index is 1060. The number of hydrogen-bond donors (Lipinski definition) is 3. The van der Waals surface area contributed by atoms with Gasteiger partial charge in [0.15, 0.2) is 19.7 Å². The number of hydrogen-bond acceptors (Lipinski definition) is 7. The van der Waals surface area contributed by atoms with Crippen LogP contribution >= 0.6 is 0 Å². The lowest BCUT2D eigenvalue weighted by molar-refractivity contribution is -0.153. The van der Waals surface area contributed by atoms with Crippen molar-refractivity contribution in [1.29, 1.82) is 0 Å². The maximum Gasteiger partial charge on any atom is 0.290 e. The molecule has 184 valence electrons. The number of amides is 2. The second-order valence-corrected chi connectivity index (χ2v) is 15.2. The largest absolute Gasteiger partial charge is 0.397 e. The van der Waals surface area contributed by atoms with E-state index in [1.807, 2.05) is 64.2 Å².